The molecular formula is C17H30N2. The molecule has 0 amide bonds. The predicted octanol–water partition coefficient (Wildman–Crippen LogP) is 4.92. The minimum absolute atomic E-state index is 0.160. The fourth-order valence-corrected chi connectivity index (χ4v) is 2.36. The summed E-state index contributed by atoms with van der Waals surface area (Å²) >= 11 is 0. The highest BCUT2D eigenvalue weighted by molar-refractivity contribution is 5.16. The molecule has 1 rings (SSSR count). The van der Waals surface area contributed by atoms with Crippen LogP contribution in [0.3, 0.4) is 0 Å². The van der Waals surface area contributed by atoms with Gasteiger partial charge in [0.1, 0.15) is 0 Å². The molecule has 1 aromatic rings. The molecule has 108 valence electrons. The van der Waals surface area contributed by atoms with Crippen molar-refractivity contribution in [3.8, 4) is 0 Å². The fourth-order valence-electron chi connectivity index (χ4n) is 2.36. The molecule has 0 fully saturated rings. The van der Waals surface area contributed by atoms with Crippen molar-refractivity contribution in [3.63, 3.8) is 0 Å². The molecule has 1 aromatic heterocycles. The maximum Gasteiger partial charge on any atom is 0.0372 e. The highest BCUT2D eigenvalue weighted by Crippen LogP contribution is 2.17. The molecule has 2 heteroatoms. The van der Waals surface area contributed by atoms with Crippen LogP contribution in [0.4, 0.5) is 0 Å². The van der Waals surface area contributed by atoms with Crippen LogP contribution in [0.5, 0.6) is 0 Å². The number of unbranched alkanes of at least 4 members (excludes halogenated alkanes) is 7. The number of aryl methyl sites for hydroxylation is 1. The lowest BCUT2D eigenvalue weighted by atomic mass is 10.0. The Kier molecular flexibility index (Phi) is 8.48. The molecule has 0 saturated heterocycles. The van der Waals surface area contributed by atoms with Crippen LogP contribution in [0.25, 0.3) is 0 Å². The van der Waals surface area contributed by atoms with Gasteiger partial charge in [-0.15, -0.1) is 0 Å². The van der Waals surface area contributed by atoms with E-state index in [-0.39, 0.29) is 6.04 Å². The summed E-state index contributed by atoms with van der Waals surface area (Å²) in [6, 6.07) is 4.31. The van der Waals surface area contributed by atoms with E-state index >= 15 is 0 Å². The smallest absolute Gasteiger partial charge is 0.0372 e. The molecule has 0 aliphatic rings. The number of hydrogen-bond acceptors (Lipinski definition) is 2. The molecule has 0 spiro atoms. The van der Waals surface area contributed by atoms with E-state index in [1.807, 2.05) is 19.2 Å². The van der Waals surface area contributed by atoms with Gasteiger partial charge in [0.25, 0.3) is 0 Å². The van der Waals surface area contributed by atoms with Crippen molar-refractivity contribution in [1.29, 1.82) is 0 Å². The molecule has 0 aliphatic carbocycles. The number of aromatic nitrogens is 1. The number of nitrogens with two attached hydrogens (primary N) is 1. The Morgan fingerprint density at radius 1 is 1.00 bits per heavy atom. The van der Waals surface area contributed by atoms with E-state index in [4.69, 9.17) is 5.73 Å². The second-order valence-electron chi connectivity index (χ2n) is 5.60. The van der Waals surface area contributed by atoms with E-state index in [2.05, 4.69) is 18.0 Å². The summed E-state index contributed by atoms with van der Waals surface area (Å²) in [5.74, 6) is 0. The lowest BCUT2D eigenvalue weighted by molar-refractivity contribution is 0.535. The summed E-state index contributed by atoms with van der Waals surface area (Å²) < 4.78 is 0. The minimum atomic E-state index is 0.160. The van der Waals surface area contributed by atoms with Gasteiger partial charge in [-0.2, -0.15) is 0 Å². The summed E-state index contributed by atoms with van der Waals surface area (Å²) in [7, 11) is 0. The summed E-state index contributed by atoms with van der Waals surface area (Å²) in [5.41, 5.74) is 8.42. The first-order chi connectivity index (χ1) is 9.24. The number of rotatable bonds is 10. The molecule has 0 bridgehead atoms. The van der Waals surface area contributed by atoms with Crippen molar-refractivity contribution >= 4 is 0 Å². The molecule has 1 unspecified atom stereocenters. The van der Waals surface area contributed by atoms with Gasteiger partial charge in [-0.3, -0.25) is 4.98 Å². The zero-order valence-corrected chi connectivity index (χ0v) is 12.7. The van der Waals surface area contributed by atoms with Crippen LogP contribution in [0.2, 0.25) is 0 Å². The van der Waals surface area contributed by atoms with Crippen molar-refractivity contribution in [2.45, 2.75) is 77.7 Å². The zero-order valence-electron chi connectivity index (χ0n) is 12.7. The van der Waals surface area contributed by atoms with Crippen LogP contribution in [-0.4, -0.2) is 4.98 Å². The molecule has 2 nitrogen and oxygen atoms in total. The van der Waals surface area contributed by atoms with Gasteiger partial charge >= 0.3 is 0 Å². The highest BCUT2D eigenvalue weighted by atomic mass is 14.7. The Morgan fingerprint density at radius 2 is 1.63 bits per heavy atom. The molecule has 1 heterocycles. The Labute approximate surface area is 118 Å². The topological polar surface area (TPSA) is 38.9 Å². The molecular weight excluding hydrogens is 232 g/mol. The molecule has 19 heavy (non-hydrogen) atoms. The van der Waals surface area contributed by atoms with Crippen LogP contribution in [0.15, 0.2) is 18.3 Å². The first-order valence-electron chi connectivity index (χ1n) is 7.92. The van der Waals surface area contributed by atoms with Gasteiger partial charge in [-0.1, -0.05) is 64.4 Å². The lowest BCUT2D eigenvalue weighted by Gasteiger charge is -2.11. The second kappa shape index (κ2) is 9.96. The Morgan fingerprint density at radius 3 is 2.21 bits per heavy atom. The molecule has 0 radical (unpaired) electrons. The predicted molar refractivity (Wildman–Crippen MR) is 83.1 cm³/mol. The van der Waals surface area contributed by atoms with E-state index in [0.717, 1.165) is 12.1 Å². The van der Waals surface area contributed by atoms with Crippen LogP contribution < -0.4 is 5.73 Å². The number of hydrogen-bond donors (Lipinski definition) is 1. The summed E-state index contributed by atoms with van der Waals surface area (Å²) in [6.45, 7) is 4.27. The third kappa shape index (κ3) is 7.31. The average Bonchev–Trinajstić information content (AvgIpc) is 2.42. The second-order valence-corrected chi connectivity index (χ2v) is 5.60. The van der Waals surface area contributed by atoms with Crippen molar-refractivity contribution in [2.24, 2.45) is 5.73 Å². The Balaban J connectivity index is 2.04. The number of nitrogens with zero attached hydrogens (tertiary/aromatic N) is 1. The normalized spacial score (nSPS) is 12.6. The zero-order chi connectivity index (χ0) is 13.9. The maximum absolute atomic E-state index is 6.19. The van der Waals surface area contributed by atoms with E-state index in [0.29, 0.717) is 0 Å². The van der Waals surface area contributed by atoms with E-state index in [1.165, 1.54) is 56.9 Å². The summed E-state index contributed by atoms with van der Waals surface area (Å²) in [4.78, 5) is 4.31. The Hall–Kier alpha value is -0.890. The average molecular weight is 262 g/mol. The van der Waals surface area contributed by atoms with Crippen LogP contribution in [0.1, 0.15) is 82.0 Å². The summed E-state index contributed by atoms with van der Waals surface area (Å²) in [6.07, 6.45) is 13.9. The molecule has 0 saturated carbocycles. The lowest BCUT2D eigenvalue weighted by Crippen LogP contribution is -2.10. The largest absolute Gasteiger partial charge is 0.324 e. The van der Waals surface area contributed by atoms with E-state index < -0.39 is 0 Å². The van der Waals surface area contributed by atoms with Crippen molar-refractivity contribution in [2.75, 3.05) is 0 Å². The van der Waals surface area contributed by atoms with Gasteiger partial charge in [0.2, 0.25) is 0 Å². The first kappa shape index (κ1) is 16.2. The van der Waals surface area contributed by atoms with Gasteiger partial charge in [0.15, 0.2) is 0 Å². The maximum atomic E-state index is 6.19. The summed E-state index contributed by atoms with van der Waals surface area (Å²) in [5, 5.41) is 0. The van der Waals surface area contributed by atoms with Gasteiger partial charge in [0.05, 0.1) is 0 Å². The van der Waals surface area contributed by atoms with E-state index in [9.17, 15) is 0 Å². The molecule has 0 aromatic carbocycles. The third-order valence-electron chi connectivity index (χ3n) is 3.73. The minimum Gasteiger partial charge on any atom is -0.324 e. The Bertz CT molecular complexity index is 319. The van der Waals surface area contributed by atoms with Crippen molar-refractivity contribution < 1.29 is 0 Å². The SMILES string of the molecule is CCCCCCCCCCC(N)c1ccc(C)nc1. The highest BCUT2D eigenvalue weighted by Gasteiger charge is 2.05. The van der Waals surface area contributed by atoms with Crippen LogP contribution in [-0.2, 0) is 0 Å². The van der Waals surface area contributed by atoms with Crippen LogP contribution >= 0.6 is 0 Å². The fraction of sp³-hybridized carbons (Fsp3) is 0.706. The number of pyridine rings is 1. The van der Waals surface area contributed by atoms with Gasteiger partial charge < -0.3 is 5.73 Å². The standard InChI is InChI=1S/C17H30N2/c1-3-4-5-6-7-8-9-10-11-17(18)16-13-12-15(2)19-14-16/h12-14,17H,3-11,18H2,1-2H3. The first-order valence-corrected chi connectivity index (χ1v) is 7.92. The van der Waals surface area contributed by atoms with Gasteiger partial charge in [-0.25, -0.2) is 0 Å². The third-order valence-corrected chi connectivity index (χ3v) is 3.73. The molecule has 0 aliphatic heterocycles. The molecule has 2 N–H and O–H groups in total. The van der Waals surface area contributed by atoms with Crippen LogP contribution in [0, 0.1) is 6.92 Å². The molecule has 1 atom stereocenters. The quantitative estimate of drug-likeness (QED) is 0.608. The van der Waals surface area contributed by atoms with Crippen molar-refractivity contribution in [1.82, 2.24) is 4.98 Å². The monoisotopic (exact) mass is 262 g/mol. The van der Waals surface area contributed by atoms with E-state index in [1.54, 1.807) is 0 Å². The van der Waals surface area contributed by atoms with Crippen molar-refractivity contribution in [3.05, 3.63) is 29.6 Å². The van der Waals surface area contributed by atoms with Gasteiger partial charge in [-0.05, 0) is 25.0 Å². The van der Waals surface area contributed by atoms with Gasteiger partial charge in [0, 0.05) is 17.9 Å².